The maximum Gasteiger partial charge on any atom is 0.225 e. The lowest BCUT2D eigenvalue weighted by molar-refractivity contribution is -0.120. The molecular weight excluding hydrogens is 280 g/mol. The van der Waals surface area contributed by atoms with Crippen LogP contribution in [-0.4, -0.2) is 20.7 Å². The molecule has 2 aromatic rings. The molecule has 0 aliphatic heterocycles. The van der Waals surface area contributed by atoms with E-state index in [0.717, 1.165) is 21.8 Å². The van der Waals surface area contributed by atoms with Crippen LogP contribution < -0.4 is 5.32 Å². The molecule has 2 rings (SSSR count). The highest BCUT2D eigenvalue weighted by Crippen LogP contribution is 2.15. The number of nitrogens with zero attached hydrogens (tertiary/aromatic N) is 2. The first kappa shape index (κ1) is 14.0. The number of carbonyl (C=O) groups is 1. The van der Waals surface area contributed by atoms with Crippen molar-refractivity contribution in [1.29, 1.82) is 0 Å². The molecule has 2 aromatic heterocycles. The average Bonchev–Trinajstić information content (AvgIpc) is 2.79. The van der Waals surface area contributed by atoms with E-state index in [9.17, 15) is 4.79 Å². The van der Waals surface area contributed by atoms with E-state index in [1.165, 1.54) is 11.3 Å². The van der Waals surface area contributed by atoms with Crippen molar-refractivity contribution in [2.75, 3.05) is 0 Å². The molecule has 0 aliphatic carbocycles. The second-order valence-electron chi connectivity index (χ2n) is 4.43. The van der Waals surface area contributed by atoms with E-state index in [1.807, 2.05) is 27.1 Å². The molecule has 5 nitrogen and oxygen atoms in total. The van der Waals surface area contributed by atoms with Crippen molar-refractivity contribution in [2.45, 2.75) is 26.8 Å². The first-order valence-electron chi connectivity index (χ1n) is 5.90. The van der Waals surface area contributed by atoms with Gasteiger partial charge >= 0.3 is 0 Å². The van der Waals surface area contributed by atoms with Crippen molar-refractivity contribution in [3.05, 3.63) is 32.0 Å². The predicted molar refractivity (Wildman–Crippen MR) is 77.7 cm³/mol. The zero-order valence-electron chi connectivity index (χ0n) is 11.1. The molecule has 19 heavy (non-hydrogen) atoms. The third kappa shape index (κ3) is 3.51. The van der Waals surface area contributed by atoms with Crippen LogP contribution in [0.15, 0.2) is 6.20 Å². The Bertz CT molecular complexity index is 653. The summed E-state index contributed by atoms with van der Waals surface area (Å²) in [5.74, 6) is -0.00315. The van der Waals surface area contributed by atoms with Gasteiger partial charge in [0.05, 0.1) is 12.1 Å². The SMILES string of the molecule is Cc1nn(C)cc1CNC(=O)Cc1sc(=S)[nH]c1C. The average molecular weight is 296 g/mol. The normalized spacial score (nSPS) is 10.7. The van der Waals surface area contributed by atoms with Crippen molar-refractivity contribution in [3.63, 3.8) is 0 Å². The number of amides is 1. The van der Waals surface area contributed by atoms with Gasteiger partial charge in [0.25, 0.3) is 0 Å². The van der Waals surface area contributed by atoms with Crippen LogP contribution in [0.3, 0.4) is 0 Å². The number of carbonyl (C=O) groups excluding carboxylic acids is 1. The number of hydrogen-bond acceptors (Lipinski definition) is 4. The highest BCUT2D eigenvalue weighted by molar-refractivity contribution is 7.73. The van der Waals surface area contributed by atoms with Gasteiger partial charge in [-0.2, -0.15) is 5.10 Å². The first-order valence-corrected chi connectivity index (χ1v) is 7.12. The van der Waals surface area contributed by atoms with Crippen molar-refractivity contribution in [3.8, 4) is 0 Å². The molecule has 0 bridgehead atoms. The summed E-state index contributed by atoms with van der Waals surface area (Å²) in [4.78, 5) is 15.9. The maximum absolute atomic E-state index is 11.9. The molecule has 2 N–H and O–H groups in total. The Morgan fingerprint density at radius 2 is 2.32 bits per heavy atom. The lowest BCUT2D eigenvalue weighted by Gasteiger charge is -2.03. The Balaban J connectivity index is 1.93. The number of thiazole rings is 1. The van der Waals surface area contributed by atoms with E-state index >= 15 is 0 Å². The molecule has 0 unspecified atom stereocenters. The van der Waals surface area contributed by atoms with Crippen LogP contribution in [0.1, 0.15) is 21.8 Å². The smallest absolute Gasteiger partial charge is 0.225 e. The zero-order valence-corrected chi connectivity index (χ0v) is 12.7. The van der Waals surface area contributed by atoms with Gasteiger partial charge in [-0.25, -0.2) is 0 Å². The van der Waals surface area contributed by atoms with Gasteiger partial charge in [0.2, 0.25) is 5.91 Å². The molecule has 0 saturated carbocycles. The van der Waals surface area contributed by atoms with Crippen molar-refractivity contribution < 1.29 is 4.79 Å². The lowest BCUT2D eigenvalue weighted by atomic mass is 10.2. The molecule has 0 saturated heterocycles. The second kappa shape index (κ2) is 5.66. The van der Waals surface area contributed by atoms with Crippen molar-refractivity contribution >= 4 is 29.5 Å². The van der Waals surface area contributed by atoms with Gasteiger partial charge in [-0.1, -0.05) is 0 Å². The molecule has 0 aliphatic rings. The van der Waals surface area contributed by atoms with Gasteiger partial charge < -0.3 is 10.3 Å². The molecule has 2 heterocycles. The molecular formula is C12H16N4OS2. The van der Waals surface area contributed by atoms with Gasteiger partial charge in [0.15, 0.2) is 3.95 Å². The van der Waals surface area contributed by atoms with Crippen LogP contribution in [0.4, 0.5) is 0 Å². The third-order valence-corrected chi connectivity index (χ3v) is 4.17. The Hall–Kier alpha value is -1.47. The van der Waals surface area contributed by atoms with E-state index in [0.29, 0.717) is 16.9 Å². The summed E-state index contributed by atoms with van der Waals surface area (Å²) >= 11 is 6.51. The summed E-state index contributed by atoms with van der Waals surface area (Å²) in [6.45, 7) is 4.37. The number of nitrogens with one attached hydrogen (secondary N) is 2. The van der Waals surface area contributed by atoms with Crippen LogP contribution in [-0.2, 0) is 24.8 Å². The highest BCUT2D eigenvalue weighted by atomic mass is 32.1. The summed E-state index contributed by atoms with van der Waals surface area (Å²) in [5.41, 5.74) is 2.95. The number of aromatic amines is 1. The van der Waals surface area contributed by atoms with Crippen LogP contribution in [0, 0.1) is 17.8 Å². The minimum atomic E-state index is -0.00315. The summed E-state index contributed by atoms with van der Waals surface area (Å²) in [6, 6.07) is 0. The first-order chi connectivity index (χ1) is 8.95. The Labute approximate surface area is 120 Å². The van der Waals surface area contributed by atoms with Crippen molar-refractivity contribution in [2.24, 2.45) is 7.05 Å². The number of hydrogen-bond donors (Lipinski definition) is 2. The molecule has 0 spiro atoms. The summed E-state index contributed by atoms with van der Waals surface area (Å²) < 4.78 is 2.46. The minimum absolute atomic E-state index is 0.00315. The molecule has 0 atom stereocenters. The van der Waals surface area contributed by atoms with Crippen LogP contribution >= 0.6 is 23.6 Å². The topological polar surface area (TPSA) is 62.7 Å². The number of rotatable bonds is 4. The fourth-order valence-corrected chi connectivity index (χ4v) is 3.12. The van der Waals surface area contributed by atoms with Gasteiger partial charge in [-0.15, -0.1) is 11.3 Å². The van der Waals surface area contributed by atoms with Gasteiger partial charge in [-0.3, -0.25) is 9.48 Å². The van der Waals surface area contributed by atoms with Gasteiger partial charge in [0, 0.05) is 35.9 Å². The van der Waals surface area contributed by atoms with E-state index in [2.05, 4.69) is 15.4 Å². The predicted octanol–water partition coefficient (Wildman–Crippen LogP) is 2.01. The fraction of sp³-hybridized carbons (Fsp3) is 0.417. The van der Waals surface area contributed by atoms with Gasteiger partial charge in [-0.05, 0) is 26.1 Å². The van der Waals surface area contributed by atoms with Crippen LogP contribution in [0.25, 0.3) is 0 Å². The Kier molecular flexibility index (Phi) is 4.16. The van der Waals surface area contributed by atoms with E-state index in [-0.39, 0.29) is 5.91 Å². The molecule has 102 valence electrons. The molecule has 0 fully saturated rings. The van der Waals surface area contributed by atoms with E-state index in [1.54, 1.807) is 4.68 Å². The van der Waals surface area contributed by atoms with E-state index < -0.39 is 0 Å². The fourth-order valence-electron chi connectivity index (χ4n) is 1.83. The molecule has 7 heteroatoms. The largest absolute Gasteiger partial charge is 0.352 e. The molecule has 0 aromatic carbocycles. The number of aryl methyl sites for hydroxylation is 3. The monoisotopic (exact) mass is 296 g/mol. The lowest BCUT2D eigenvalue weighted by Crippen LogP contribution is -2.24. The molecule has 1 amide bonds. The number of H-pyrrole nitrogens is 1. The highest BCUT2D eigenvalue weighted by Gasteiger charge is 2.10. The van der Waals surface area contributed by atoms with E-state index in [4.69, 9.17) is 12.2 Å². The Morgan fingerprint density at radius 3 is 2.84 bits per heavy atom. The van der Waals surface area contributed by atoms with Gasteiger partial charge in [0.1, 0.15) is 0 Å². The summed E-state index contributed by atoms with van der Waals surface area (Å²) in [6.07, 6.45) is 2.28. The summed E-state index contributed by atoms with van der Waals surface area (Å²) in [5, 5.41) is 7.14. The third-order valence-electron chi connectivity index (χ3n) is 2.84. The molecule has 0 radical (unpaired) electrons. The quantitative estimate of drug-likeness (QED) is 0.849. The summed E-state index contributed by atoms with van der Waals surface area (Å²) in [7, 11) is 1.87. The zero-order chi connectivity index (χ0) is 14.0. The van der Waals surface area contributed by atoms with Crippen LogP contribution in [0.2, 0.25) is 0 Å². The minimum Gasteiger partial charge on any atom is -0.352 e. The number of aromatic nitrogens is 3. The van der Waals surface area contributed by atoms with Crippen molar-refractivity contribution in [1.82, 2.24) is 20.1 Å². The van der Waals surface area contributed by atoms with Crippen LogP contribution in [0.5, 0.6) is 0 Å². The standard InChI is InChI=1S/C12H16N4OS2/c1-7-9(6-16(3)15-7)5-13-11(17)4-10-8(2)14-12(18)19-10/h6H,4-5H2,1-3H3,(H,13,17)(H,14,18). The maximum atomic E-state index is 11.9. The second-order valence-corrected chi connectivity index (χ2v) is 6.20. The Morgan fingerprint density at radius 1 is 1.58 bits per heavy atom.